The Bertz CT molecular complexity index is 1330. The summed E-state index contributed by atoms with van der Waals surface area (Å²) in [5, 5.41) is 23.9. The zero-order chi connectivity index (χ0) is 50.9. The van der Waals surface area contributed by atoms with Crippen molar-refractivity contribution >= 4 is 11.9 Å². The van der Waals surface area contributed by atoms with Gasteiger partial charge in [0, 0.05) is 6.42 Å². The van der Waals surface area contributed by atoms with E-state index in [1.54, 1.807) is 0 Å². The van der Waals surface area contributed by atoms with Gasteiger partial charge in [0.1, 0.15) is 6.10 Å². The second-order valence-electron chi connectivity index (χ2n) is 20.1. The zero-order valence-electron chi connectivity index (χ0n) is 46.1. The number of hydrogen-bond donors (Lipinski definition) is 3. The minimum atomic E-state index is -0.807. The van der Waals surface area contributed by atoms with E-state index < -0.39 is 18.2 Å². The highest BCUT2D eigenvalue weighted by atomic mass is 16.5. The number of rotatable bonds is 53. The van der Waals surface area contributed by atoms with Gasteiger partial charge in [0.2, 0.25) is 5.91 Å². The van der Waals surface area contributed by atoms with Gasteiger partial charge < -0.3 is 20.3 Å². The average Bonchev–Trinajstić information content (AvgIpc) is 3.35. The number of unbranched alkanes of at least 4 members (excludes halogenated alkanes) is 30. The van der Waals surface area contributed by atoms with Crippen molar-refractivity contribution in [2.24, 2.45) is 0 Å². The molecule has 6 nitrogen and oxygen atoms in total. The summed E-state index contributed by atoms with van der Waals surface area (Å²) < 4.78 is 5.95. The van der Waals surface area contributed by atoms with Crippen molar-refractivity contribution in [3.63, 3.8) is 0 Å². The third-order valence-corrected chi connectivity index (χ3v) is 13.3. The van der Waals surface area contributed by atoms with E-state index in [9.17, 15) is 19.8 Å². The number of ether oxygens (including phenoxy) is 1. The van der Waals surface area contributed by atoms with Crippen molar-refractivity contribution in [1.82, 2.24) is 5.32 Å². The van der Waals surface area contributed by atoms with E-state index in [1.165, 1.54) is 148 Å². The van der Waals surface area contributed by atoms with Crippen LogP contribution in [0.2, 0.25) is 0 Å². The van der Waals surface area contributed by atoms with Crippen LogP contribution in [0.1, 0.15) is 284 Å². The number of aliphatic hydroxyl groups excluding tert-OH is 2. The summed E-state index contributed by atoms with van der Waals surface area (Å²) in [5.41, 5.74) is 0. The van der Waals surface area contributed by atoms with Crippen LogP contribution in [0.4, 0.5) is 0 Å². The maximum Gasteiger partial charge on any atom is 0.306 e. The standard InChI is InChI=1S/C64H113NO5/c1-4-7-10-13-16-19-22-25-28-31-32-33-36-39-42-45-48-51-54-57-64(69)70-60(55-52-49-46-43-40-37-34-29-26-23-20-17-14-11-8-5-2)58-63(68)65-61(59-66)62(67)56-53-50-47-44-41-38-35-30-27-24-21-18-15-12-9-6-3/h16-17,19-20,23,25-26,28-29,32-34,37,40,60-62,66-67H,4-15,18,21-22,24,27,30-31,35-36,38-39,41-59H2,1-3H3,(H,65,68)/b19-16-,20-17+,26-23+,28-25-,33-32-,34-29+,40-37+. The normalized spacial score (nSPS) is 13.7. The summed E-state index contributed by atoms with van der Waals surface area (Å²) in [4.78, 5) is 26.3. The van der Waals surface area contributed by atoms with Crippen LogP contribution < -0.4 is 5.32 Å². The molecule has 0 aromatic heterocycles. The molecule has 0 spiro atoms. The Morgan fingerprint density at radius 3 is 1.27 bits per heavy atom. The first kappa shape index (κ1) is 67.0. The lowest BCUT2D eigenvalue weighted by molar-refractivity contribution is -0.151. The molecule has 0 saturated heterocycles. The van der Waals surface area contributed by atoms with Crippen LogP contribution in [0.5, 0.6) is 0 Å². The Hall–Kier alpha value is -2.96. The fourth-order valence-corrected chi connectivity index (χ4v) is 8.74. The lowest BCUT2D eigenvalue weighted by Gasteiger charge is -2.24. The first-order valence-corrected chi connectivity index (χ1v) is 29.9. The molecule has 70 heavy (non-hydrogen) atoms. The van der Waals surface area contributed by atoms with Gasteiger partial charge in [-0.1, -0.05) is 266 Å². The maximum atomic E-state index is 13.3. The molecule has 0 bridgehead atoms. The van der Waals surface area contributed by atoms with Crippen LogP contribution >= 0.6 is 0 Å². The molecule has 0 saturated carbocycles. The molecule has 0 aliphatic heterocycles. The van der Waals surface area contributed by atoms with E-state index >= 15 is 0 Å². The van der Waals surface area contributed by atoms with Crippen LogP contribution in [0.25, 0.3) is 0 Å². The molecule has 6 heteroatoms. The van der Waals surface area contributed by atoms with Gasteiger partial charge in [0.15, 0.2) is 0 Å². The number of carbonyl (C=O) groups is 2. The molecule has 3 unspecified atom stereocenters. The van der Waals surface area contributed by atoms with Crippen molar-refractivity contribution in [3.8, 4) is 0 Å². The molecule has 0 heterocycles. The van der Waals surface area contributed by atoms with Crippen LogP contribution in [-0.2, 0) is 14.3 Å². The monoisotopic (exact) mass is 976 g/mol. The number of allylic oxidation sites excluding steroid dienone is 14. The van der Waals surface area contributed by atoms with E-state index in [1.807, 2.05) is 0 Å². The molecule has 404 valence electrons. The summed E-state index contributed by atoms with van der Waals surface area (Å²) in [6, 6.07) is -0.723. The highest BCUT2D eigenvalue weighted by Gasteiger charge is 2.24. The number of carbonyl (C=O) groups excluding carboxylic acids is 2. The van der Waals surface area contributed by atoms with Gasteiger partial charge in [-0.05, 0) is 89.9 Å². The van der Waals surface area contributed by atoms with Crippen LogP contribution in [-0.4, -0.2) is 46.9 Å². The highest BCUT2D eigenvalue weighted by molar-refractivity contribution is 5.77. The van der Waals surface area contributed by atoms with Crippen molar-refractivity contribution in [2.45, 2.75) is 302 Å². The van der Waals surface area contributed by atoms with E-state index in [0.717, 1.165) is 89.9 Å². The number of hydrogen-bond acceptors (Lipinski definition) is 5. The zero-order valence-corrected chi connectivity index (χ0v) is 46.1. The van der Waals surface area contributed by atoms with Gasteiger partial charge in [-0.2, -0.15) is 0 Å². The molecule has 0 rings (SSSR count). The first-order valence-electron chi connectivity index (χ1n) is 29.9. The summed E-state index contributed by atoms with van der Waals surface area (Å²) in [6.45, 7) is 6.43. The largest absolute Gasteiger partial charge is 0.462 e. The fraction of sp³-hybridized carbons (Fsp3) is 0.750. The second-order valence-corrected chi connectivity index (χ2v) is 20.1. The number of nitrogens with one attached hydrogen (secondary N) is 1. The Morgan fingerprint density at radius 2 is 0.786 bits per heavy atom. The van der Waals surface area contributed by atoms with Crippen molar-refractivity contribution in [1.29, 1.82) is 0 Å². The summed E-state index contributed by atoms with van der Waals surface area (Å²) in [7, 11) is 0. The predicted molar refractivity (Wildman–Crippen MR) is 305 cm³/mol. The SMILES string of the molecule is CCCCC/C=C\C/C=C\C/C=C\CCCCCCCCC(=O)OC(CCCCC/C=C/C=C/C=C/C=C/CCCCC)CC(=O)NC(CO)C(O)CCCCCCCCCCCCCCCCCC. The van der Waals surface area contributed by atoms with Crippen molar-refractivity contribution in [3.05, 3.63) is 85.1 Å². The average molecular weight is 977 g/mol. The van der Waals surface area contributed by atoms with Gasteiger partial charge in [-0.15, -0.1) is 0 Å². The molecule has 1 amide bonds. The smallest absolute Gasteiger partial charge is 0.306 e. The van der Waals surface area contributed by atoms with E-state index in [-0.39, 0.29) is 24.9 Å². The number of aliphatic hydroxyl groups is 2. The van der Waals surface area contributed by atoms with Gasteiger partial charge >= 0.3 is 5.97 Å². The topological polar surface area (TPSA) is 95.9 Å². The van der Waals surface area contributed by atoms with Gasteiger partial charge in [0.25, 0.3) is 0 Å². The highest BCUT2D eigenvalue weighted by Crippen LogP contribution is 2.18. The maximum absolute atomic E-state index is 13.3. The Labute approximate surface area is 433 Å². The predicted octanol–water partition coefficient (Wildman–Crippen LogP) is 18.7. The molecule has 0 radical (unpaired) electrons. The van der Waals surface area contributed by atoms with Crippen LogP contribution in [0.3, 0.4) is 0 Å². The molecule has 0 aromatic carbocycles. The molecule has 0 fully saturated rings. The third kappa shape index (κ3) is 51.4. The Balaban J connectivity index is 4.65. The van der Waals surface area contributed by atoms with Gasteiger partial charge in [-0.25, -0.2) is 0 Å². The summed E-state index contributed by atoms with van der Waals surface area (Å²) >= 11 is 0. The molecule has 0 aliphatic rings. The van der Waals surface area contributed by atoms with Crippen molar-refractivity contribution < 1.29 is 24.5 Å². The minimum absolute atomic E-state index is 0.0431. The lowest BCUT2D eigenvalue weighted by Crippen LogP contribution is -2.46. The molecule has 0 aromatic rings. The van der Waals surface area contributed by atoms with Crippen LogP contribution in [0.15, 0.2) is 85.1 Å². The van der Waals surface area contributed by atoms with Crippen LogP contribution in [0, 0.1) is 0 Å². The van der Waals surface area contributed by atoms with E-state index in [0.29, 0.717) is 19.3 Å². The molecular formula is C64H113NO5. The Kier molecular flexibility index (Phi) is 54.5. The van der Waals surface area contributed by atoms with E-state index in [2.05, 4.69) is 111 Å². The van der Waals surface area contributed by atoms with E-state index in [4.69, 9.17) is 4.74 Å². The summed E-state index contributed by atoms with van der Waals surface area (Å²) in [6.07, 6.45) is 75.0. The Morgan fingerprint density at radius 1 is 0.429 bits per heavy atom. The minimum Gasteiger partial charge on any atom is -0.462 e. The number of esters is 1. The van der Waals surface area contributed by atoms with Crippen molar-refractivity contribution in [2.75, 3.05) is 6.61 Å². The third-order valence-electron chi connectivity index (χ3n) is 13.3. The molecule has 3 N–H and O–H groups in total. The second kappa shape index (κ2) is 56.9. The molecule has 0 aliphatic carbocycles. The number of amides is 1. The first-order chi connectivity index (χ1) is 34.5. The summed E-state index contributed by atoms with van der Waals surface area (Å²) in [5.74, 6) is -0.524. The molecular weight excluding hydrogens is 863 g/mol. The molecule has 3 atom stereocenters. The van der Waals surface area contributed by atoms with Gasteiger partial charge in [-0.3, -0.25) is 9.59 Å². The van der Waals surface area contributed by atoms with Gasteiger partial charge in [0.05, 0.1) is 25.2 Å². The lowest BCUT2D eigenvalue weighted by atomic mass is 10.0. The quantitative estimate of drug-likeness (QED) is 0.0244. The fourth-order valence-electron chi connectivity index (χ4n) is 8.74.